The van der Waals surface area contributed by atoms with E-state index in [0.717, 1.165) is 18.7 Å². The number of carbonyl (C=O) groups excluding carboxylic acids is 1. The molecule has 29 heavy (non-hydrogen) atoms. The maximum Gasteiger partial charge on any atom is 0.387 e. The Morgan fingerprint density at radius 3 is 2.24 bits per heavy atom. The Morgan fingerprint density at radius 1 is 1.03 bits per heavy atom. The Bertz CT molecular complexity index is 783. The van der Waals surface area contributed by atoms with E-state index in [9.17, 15) is 13.6 Å². The third-order valence-corrected chi connectivity index (χ3v) is 4.77. The average molecular weight is 406 g/mol. The van der Waals surface area contributed by atoms with Gasteiger partial charge < -0.3 is 14.4 Å². The monoisotopic (exact) mass is 406 g/mol. The maximum atomic E-state index is 13.3. The number of methoxy groups -OCH3 is 1. The largest absolute Gasteiger partial charge is 0.493 e. The minimum Gasteiger partial charge on any atom is -0.493 e. The smallest absolute Gasteiger partial charge is 0.387 e. The minimum atomic E-state index is -2.95. The molecule has 0 spiro atoms. The summed E-state index contributed by atoms with van der Waals surface area (Å²) in [6, 6.07) is 14.0. The van der Waals surface area contributed by atoms with E-state index in [1.165, 1.54) is 13.2 Å². The van der Waals surface area contributed by atoms with Gasteiger partial charge in [0.2, 0.25) is 5.91 Å². The summed E-state index contributed by atoms with van der Waals surface area (Å²) in [4.78, 5) is 17.0. The van der Waals surface area contributed by atoms with Crippen LogP contribution in [0.25, 0.3) is 0 Å². The predicted octanol–water partition coefficient (Wildman–Crippen LogP) is 4.34. The Morgan fingerprint density at radius 2 is 1.69 bits per heavy atom. The van der Waals surface area contributed by atoms with Gasteiger partial charge in [0, 0.05) is 13.6 Å². The third-order valence-electron chi connectivity index (χ3n) is 4.77. The van der Waals surface area contributed by atoms with Crippen LogP contribution in [0, 0.1) is 0 Å². The summed E-state index contributed by atoms with van der Waals surface area (Å²) in [5.41, 5.74) is 1.59. The highest BCUT2D eigenvalue weighted by Gasteiger charge is 2.28. The van der Waals surface area contributed by atoms with Crippen LogP contribution in [0.1, 0.15) is 31.0 Å². The van der Waals surface area contributed by atoms with E-state index in [-0.39, 0.29) is 24.0 Å². The Balaban J connectivity index is 2.25. The van der Waals surface area contributed by atoms with Crippen molar-refractivity contribution in [2.24, 2.45) is 0 Å². The van der Waals surface area contributed by atoms with Gasteiger partial charge in [-0.3, -0.25) is 9.69 Å². The highest BCUT2D eigenvalue weighted by Crippen LogP contribution is 2.30. The molecule has 0 saturated carbocycles. The van der Waals surface area contributed by atoms with Gasteiger partial charge in [-0.05, 0) is 36.3 Å². The van der Waals surface area contributed by atoms with Crippen molar-refractivity contribution in [1.29, 1.82) is 0 Å². The van der Waals surface area contributed by atoms with Crippen LogP contribution in [0.2, 0.25) is 0 Å². The third kappa shape index (κ3) is 5.90. The molecule has 0 aliphatic rings. The van der Waals surface area contributed by atoms with Gasteiger partial charge in [0.05, 0.1) is 7.11 Å². The molecule has 2 aromatic rings. The highest BCUT2D eigenvalue weighted by atomic mass is 19.3. The fourth-order valence-electron chi connectivity index (χ4n) is 3.30. The fraction of sp³-hybridized carbons (Fsp3) is 0.409. The number of nitrogens with zero attached hydrogens (tertiary/aromatic N) is 2. The molecule has 0 radical (unpaired) electrons. The van der Waals surface area contributed by atoms with Crippen molar-refractivity contribution in [2.45, 2.75) is 33.0 Å². The van der Waals surface area contributed by atoms with Gasteiger partial charge in [0.25, 0.3) is 0 Å². The summed E-state index contributed by atoms with van der Waals surface area (Å²) in [5.74, 6) is 0.101. The van der Waals surface area contributed by atoms with Crippen LogP contribution in [0.5, 0.6) is 11.5 Å². The van der Waals surface area contributed by atoms with Crippen molar-refractivity contribution in [1.82, 2.24) is 9.80 Å². The van der Waals surface area contributed by atoms with Gasteiger partial charge >= 0.3 is 6.61 Å². The Kier molecular flexibility index (Phi) is 8.39. The number of amides is 1. The quantitative estimate of drug-likeness (QED) is 0.589. The number of rotatable bonds is 10. The van der Waals surface area contributed by atoms with E-state index < -0.39 is 12.7 Å². The predicted molar refractivity (Wildman–Crippen MR) is 108 cm³/mol. The van der Waals surface area contributed by atoms with Gasteiger partial charge in [-0.25, -0.2) is 0 Å². The lowest BCUT2D eigenvalue weighted by atomic mass is 10.0. The number of benzene rings is 2. The molecule has 2 rings (SSSR count). The second-order valence-corrected chi connectivity index (χ2v) is 6.59. The second kappa shape index (κ2) is 10.8. The lowest BCUT2D eigenvalue weighted by molar-refractivity contribution is -0.136. The molecule has 1 amide bonds. The number of likely N-dealkylation sites (N-methyl/N-ethyl adjacent to an activating group) is 2. The van der Waals surface area contributed by atoms with Crippen LogP contribution < -0.4 is 9.47 Å². The summed E-state index contributed by atoms with van der Waals surface area (Å²) < 4.78 is 34.9. The molecule has 0 fully saturated rings. The van der Waals surface area contributed by atoms with E-state index in [4.69, 9.17) is 4.74 Å². The maximum absolute atomic E-state index is 13.3. The number of alkyl halides is 2. The van der Waals surface area contributed by atoms with E-state index >= 15 is 0 Å². The van der Waals surface area contributed by atoms with Gasteiger partial charge in [0.1, 0.15) is 6.04 Å². The molecule has 0 aliphatic heterocycles. The molecule has 2 aromatic carbocycles. The summed E-state index contributed by atoms with van der Waals surface area (Å²) in [6.45, 7) is 2.79. The number of ether oxygens (including phenoxy) is 2. The molecule has 0 aliphatic carbocycles. The van der Waals surface area contributed by atoms with Crippen molar-refractivity contribution >= 4 is 5.91 Å². The first-order valence-corrected chi connectivity index (χ1v) is 9.56. The van der Waals surface area contributed by atoms with Crippen molar-refractivity contribution in [2.75, 3.05) is 27.2 Å². The molecule has 1 atom stereocenters. The molecule has 5 nitrogen and oxygen atoms in total. The van der Waals surface area contributed by atoms with Crippen molar-refractivity contribution in [3.63, 3.8) is 0 Å². The first kappa shape index (κ1) is 22.6. The van der Waals surface area contributed by atoms with Crippen LogP contribution in [0.3, 0.4) is 0 Å². The fourth-order valence-corrected chi connectivity index (χ4v) is 3.30. The first-order chi connectivity index (χ1) is 13.9. The lowest BCUT2D eigenvalue weighted by Gasteiger charge is -2.32. The van der Waals surface area contributed by atoms with E-state index in [2.05, 4.69) is 9.64 Å². The molecule has 0 aromatic heterocycles. The van der Waals surface area contributed by atoms with Crippen molar-refractivity contribution in [3.05, 3.63) is 59.7 Å². The van der Waals surface area contributed by atoms with Gasteiger partial charge in [-0.1, -0.05) is 50.2 Å². The molecule has 7 heteroatoms. The normalized spacial score (nSPS) is 12.1. The number of halogens is 2. The molecular weight excluding hydrogens is 378 g/mol. The van der Waals surface area contributed by atoms with E-state index in [1.807, 2.05) is 44.2 Å². The van der Waals surface area contributed by atoms with Crippen LogP contribution in [0.15, 0.2) is 48.5 Å². The molecule has 0 heterocycles. The summed E-state index contributed by atoms with van der Waals surface area (Å²) in [5, 5.41) is 0. The van der Waals surface area contributed by atoms with Gasteiger partial charge in [0.15, 0.2) is 11.5 Å². The van der Waals surface area contributed by atoms with Crippen LogP contribution >= 0.6 is 0 Å². The molecule has 0 N–H and O–H groups in total. The van der Waals surface area contributed by atoms with Crippen LogP contribution in [-0.2, 0) is 11.3 Å². The lowest BCUT2D eigenvalue weighted by Crippen LogP contribution is -2.41. The zero-order valence-electron chi connectivity index (χ0n) is 17.3. The molecule has 158 valence electrons. The van der Waals surface area contributed by atoms with Crippen molar-refractivity contribution in [3.8, 4) is 11.5 Å². The molecule has 0 bridgehead atoms. The number of carbonyl (C=O) groups is 1. The Labute approximate surface area is 170 Å². The van der Waals surface area contributed by atoms with Gasteiger partial charge in [-0.15, -0.1) is 0 Å². The minimum absolute atomic E-state index is 0.0517. The summed E-state index contributed by atoms with van der Waals surface area (Å²) in [7, 11) is 3.09. The highest BCUT2D eigenvalue weighted by molar-refractivity contribution is 5.83. The first-order valence-electron chi connectivity index (χ1n) is 9.56. The zero-order valence-corrected chi connectivity index (χ0v) is 17.3. The number of hydrogen-bond acceptors (Lipinski definition) is 4. The molecule has 1 unspecified atom stereocenters. The van der Waals surface area contributed by atoms with Crippen molar-refractivity contribution < 1.29 is 23.0 Å². The van der Waals surface area contributed by atoms with E-state index in [1.54, 1.807) is 24.1 Å². The zero-order chi connectivity index (χ0) is 21.4. The second-order valence-electron chi connectivity index (χ2n) is 6.59. The molecular formula is C22H28F2N2O3. The standard InChI is InChI=1S/C22H28F2N2O3/c1-5-26(6-2)20(17-10-8-7-9-11-17)21(27)25(3)15-16-12-13-18(28-4)19(14-16)29-22(23)24/h7-14,20,22H,5-6,15H2,1-4H3. The summed E-state index contributed by atoms with van der Waals surface area (Å²) >= 11 is 0. The van der Waals surface area contributed by atoms with Crippen LogP contribution in [0.4, 0.5) is 8.78 Å². The topological polar surface area (TPSA) is 42.0 Å². The average Bonchev–Trinajstić information content (AvgIpc) is 2.71. The van der Waals surface area contributed by atoms with Gasteiger partial charge in [-0.2, -0.15) is 8.78 Å². The molecule has 0 saturated heterocycles. The summed E-state index contributed by atoms with van der Waals surface area (Å²) in [6.07, 6.45) is 0. The Hall–Kier alpha value is -2.67. The van der Waals surface area contributed by atoms with Crippen LogP contribution in [-0.4, -0.2) is 49.6 Å². The number of hydrogen-bond donors (Lipinski definition) is 0. The SMILES string of the molecule is CCN(CC)C(C(=O)N(C)Cc1ccc(OC)c(OC(F)F)c1)c1ccccc1. The van der Waals surface area contributed by atoms with E-state index in [0.29, 0.717) is 5.56 Å².